The number of ether oxygens (including phenoxy) is 1. The molecule has 2 aromatic rings. The molecule has 0 saturated heterocycles. The summed E-state index contributed by atoms with van der Waals surface area (Å²) < 4.78 is 9.12. The van der Waals surface area contributed by atoms with Crippen molar-refractivity contribution in [1.82, 2.24) is 20.8 Å². The zero-order valence-electron chi connectivity index (χ0n) is 12.2. The molecule has 0 spiro atoms. The Hall–Kier alpha value is -2.90. The lowest BCUT2D eigenvalue weighted by atomic mass is 10.1. The lowest BCUT2D eigenvalue weighted by Gasteiger charge is -2.13. The van der Waals surface area contributed by atoms with Gasteiger partial charge in [-0.1, -0.05) is 29.4 Å². The molecule has 1 atom stereocenters. The number of amides is 2. The quantitative estimate of drug-likeness (QED) is 0.856. The van der Waals surface area contributed by atoms with Crippen LogP contribution < -0.4 is 10.6 Å². The van der Waals surface area contributed by atoms with Crippen LogP contribution in [0.5, 0.6) is 0 Å². The Morgan fingerprint density at radius 3 is 2.64 bits per heavy atom. The SMILES string of the molecule is COC(=O)NC(C)C(=O)NCc1ccc(-c2ncon2)cc1. The predicted molar refractivity (Wildman–Crippen MR) is 76.6 cm³/mol. The van der Waals surface area contributed by atoms with E-state index in [0.717, 1.165) is 11.1 Å². The van der Waals surface area contributed by atoms with Crippen LogP contribution in [0.25, 0.3) is 11.4 Å². The Kier molecular flexibility index (Phi) is 5.07. The highest BCUT2D eigenvalue weighted by molar-refractivity contribution is 5.85. The molecular weight excluding hydrogens is 288 g/mol. The molecule has 1 heterocycles. The number of nitrogens with one attached hydrogen (secondary N) is 2. The van der Waals surface area contributed by atoms with Gasteiger partial charge < -0.3 is 19.9 Å². The van der Waals surface area contributed by atoms with Gasteiger partial charge in [-0.2, -0.15) is 4.98 Å². The Morgan fingerprint density at radius 2 is 2.05 bits per heavy atom. The van der Waals surface area contributed by atoms with E-state index in [0.29, 0.717) is 12.4 Å². The minimum atomic E-state index is -0.675. The van der Waals surface area contributed by atoms with E-state index in [1.165, 1.54) is 13.5 Å². The number of aromatic nitrogens is 2. The smallest absolute Gasteiger partial charge is 0.407 e. The fourth-order valence-electron chi connectivity index (χ4n) is 1.71. The monoisotopic (exact) mass is 304 g/mol. The fraction of sp³-hybridized carbons (Fsp3) is 0.286. The number of hydrogen-bond acceptors (Lipinski definition) is 6. The van der Waals surface area contributed by atoms with Crippen molar-refractivity contribution in [3.8, 4) is 11.4 Å². The van der Waals surface area contributed by atoms with Crippen LogP contribution >= 0.6 is 0 Å². The van der Waals surface area contributed by atoms with E-state index in [-0.39, 0.29) is 5.91 Å². The van der Waals surface area contributed by atoms with Gasteiger partial charge in [0.15, 0.2) is 0 Å². The van der Waals surface area contributed by atoms with Crippen molar-refractivity contribution in [3.05, 3.63) is 36.2 Å². The number of rotatable bonds is 5. The summed E-state index contributed by atoms with van der Waals surface area (Å²) in [5, 5.41) is 8.86. The molecule has 8 nitrogen and oxygen atoms in total. The molecule has 0 bridgehead atoms. The standard InChI is InChI=1S/C14H16N4O4/c1-9(17-14(20)21-2)13(19)15-7-10-3-5-11(6-4-10)12-16-8-22-18-12/h3-6,8-9H,7H2,1-2H3,(H,15,19)(H,17,20). The Morgan fingerprint density at radius 1 is 1.32 bits per heavy atom. The van der Waals surface area contributed by atoms with Gasteiger partial charge in [0.1, 0.15) is 6.04 Å². The van der Waals surface area contributed by atoms with Gasteiger partial charge in [0.25, 0.3) is 0 Å². The maximum absolute atomic E-state index is 11.8. The predicted octanol–water partition coefficient (Wildman–Crippen LogP) is 1.10. The van der Waals surface area contributed by atoms with Crippen LogP contribution in [0.1, 0.15) is 12.5 Å². The number of carbonyl (C=O) groups is 2. The maximum atomic E-state index is 11.8. The van der Waals surface area contributed by atoms with Crippen LogP contribution in [0.3, 0.4) is 0 Å². The Labute approximate surface area is 126 Å². The molecule has 0 radical (unpaired) electrons. The maximum Gasteiger partial charge on any atom is 0.407 e. The van der Waals surface area contributed by atoms with Gasteiger partial charge in [0, 0.05) is 12.1 Å². The number of hydrogen-bond donors (Lipinski definition) is 2. The van der Waals surface area contributed by atoms with Crippen LogP contribution in [0.15, 0.2) is 35.2 Å². The average molecular weight is 304 g/mol. The van der Waals surface area contributed by atoms with Crippen LogP contribution in [-0.2, 0) is 16.1 Å². The van der Waals surface area contributed by atoms with Crippen LogP contribution in [0.4, 0.5) is 4.79 Å². The largest absolute Gasteiger partial charge is 0.453 e. The summed E-state index contributed by atoms with van der Waals surface area (Å²) in [7, 11) is 1.24. The van der Waals surface area contributed by atoms with E-state index in [2.05, 4.69) is 30.0 Å². The third-order valence-electron chi connectivity index (χ3n) is 2.95. The summed E-state index contributed by atoms with van der Waals surface area (Å²) in [5.74, 6) is 0.208. The van der Waals surface area contributed by atoms with Gasteiger partial charge in [-0.05, 0) is 12.5 Å². The van der Waals surface area contributed by atoms with Gasteiger partial charge in [-0.25, -0.2) is 4.79 Å². The molecule has 0 aliphatic heterocycles. The van der Waals surface area contributed by atoms with Gasteiger partial charge >= 0.3 is 6.09 Å². The summed E-state index contributed by atoms with van der Waals surface area (Å²) in [6.45, 7) is 1.92. The molecule has 0 fully saturated rings. The first-order chi connectivity index (χ1) is 10.6. The topological polar surface area (TPSA) is 106 Å². The molecule has 0 aliphatic carbocycles. The van der Waals surface area contributed by atoms with Crippen molar-refractivity contribution in [2.45, 2.75) is 19.5 Å². The highest BCUT2D eigenvalue weighted by atomic mass is 16.5. The second kappa shape index (κ2) is 7.21. The second-order valence-electron chi connectivity index (χ2n) is 4.53. The van der Waals surface area contributed by atoms with Crippen LogP contribution in [0, 0.1) is 0 Å². The minimum absolute atomic E-state index is 0.298. The molecule has 2 rings (SSSR count). The van der Waals surface area contributed by atoms with Gasteiger partial charge in [-0.15, -0.1) is 0 Å². The fourth-order valence-corrected chi connectivity index (χ4v) is 1.71. The summed E-state index contributed by atoms with van der Waals surface area (Å²) >= 11 is 0. The van der Waals surface area contributed by atoms with Crippen molar-refractivity contribution in [3.63, 3.8) is 0 Å². The van der Waals surface area contributed by atoms with Gasteiger partial charge in [-0.3, -0.25) is 4.79 Å². The lowest BCUT2D eigenvalue weighted by molar-refractivity contribution is -0.122. The molecule has 0 saturated carbocycles. The third kappa shape index (κ3) is 4.05. The highest BCUT2D eigenvalue weighted by Gasteiger charge is 2.15. The number of methoxy groups -OCH3 is 1. The molecule has 0 aliphatic rings. The van der Waals surface area contributed by atoms with Crippen molar-refractivity contribution >= 4 is 12.0 Å². The van der Waals surface area contributed by atoms with Crippen molar-refractivity contribution in [2.24, 2.45) is 0 Å². The van der Waals surface area contributed by atoms with E-state index >= 15 is 0 Å². The molecule has 2 amide bonds. The Bertz CT molecular complexity index is 625. The van der Waals surface area contributed by atoms with Crippen LogP contribution in [-0.4, -0.2) is 35.3 Å². The summed E-state index contributed by atoms with van der Waals surface area (Å²) in [6, 6.07) is 6.70. The first-order valence-corrected chi connectivity index (χ1v) is 6.58. The highest BCUT2D eigenvalue weighted by Crippen LogP contribution is 2.14. The summed E-state index contributed by atoms with van der Waals surface area (Å²) in [6.07, 6.45) is 0.617. The average Bonchev–Trinajstić information content (AvgIpc) is 3.07. The molecule has 2 N–H and O–H groups in total. The van der Waals surface area contributed by atoms with Crippen molar-refractivity contribution < 1.29 is 18.8 Å². The van der Waals surface area contributed by atoms with Crippen LogP contribution in [0.2, 0.25) is 0 Å². The number of carbonyl (C=O) groups excluding carboxylic acids is 2. The molecule has 22 heavy (non-hydrogen) atoms. The van der Waals surface area contributed by atoms with Gasteiger partial charge in [0.05, 0.1) is 7.11 Å². The number of nitrogens with zero attached hydrogens (tertiary/aromatic N) is 2. The molecule has 1 aromatic heterocycles. The molecule has 1 unspecified atom stereocenters. The van der Waals surface area contributed by atoms with Gasteiger partial charge in [0.2, 0.25) is 18.1 Å². The zero-order valence-corrected chi connectivity index (χ0v) is 12.2. The van der Waals surface area contributed by atoms with E-state index in [9.17, 15) is 9.59 Å². The van der Waals surface area contributed by atoms with Crippen molar-refractivity contribution in [2.75, 3.05) is 7.11 Å². The summed E-state index contributed by atoms with van der Waals surface area (Å²) in [4.78, 5) is 26.8. The second-order valence-corrected chi connectivity index (χ2v) is 4.53. The molecule has 1 aromatic carbocycles. The Balaban J connectivity index is 1.86. The minimum Gasteiger partial charge on any atom is -0.453 e. The third-order valence-corrected chi connectivity index (χ3v) is 2.95. The molecule has 116 valence electrons. The number of alkyl carbamates (subject to hydrolysis) is 1. The zero-order chi connectivity index (χ0) is 15.9. The van der Waals surface area contributed by atoms with E-state index in [1.807, 2.05) is 24.3 Å². The first kappa shape index (κ1) is 15.5. The van der Waals surface area contributed by atoms with Crippen molar-refractivity contribution in [1.29, 1.82) is 0 Å². The van der Waals surface area contributed by atoms with E-state index < -0.39 is 12.1 Å². The van der Waals surface area contributed by atoms with E-state index in [4.69, 9.17) is 0 Å². The number of benzene rings is 1. The summed E-state index contributed by atoms with van der Waals surface area (Å²) in [5.41, 5.74) is 1.73. The first-order valence-electron chi connectivity index (χ1n) is 6.58. The normalized spacial score (nSPS) is 11.5. The van der Waals surface area contributed by atoms with E-state index in [1.54, 1.807) is 6.92 Å². The molecular formula is C14H16N4O4. The molecule has 8 heteroatoms. The lowest BCUT2D eigenvalue weighted by Crippen LogP contribution is -2.44.